The normalized spacial score (nSPS) is 11.3. The predicted octanol–water partition coefficient (Wildman–Crippen LogP) is 2.52. The molecule has 0 fully saturated rings. The van der Waals surface area contributed by atoms with Crippen LogP contribution in [-0.4, -0.2) is 14.3 Å². The Bertz CT molecular complexity index is 812. The second-order valence-corrected chi connectivity index (χ2v) is 7.05. The van der Waals surface area contributed by atoms with Gasteiger partial charge in [-0.3, -0.25) is 4.79 Å². The Morgan fingerprint density at radius 1 is 1.09 bits per heavy atom. The van der Waals surface area contributed by atoms with Gasteiger partial charge >= 0.3 is 0 Å². The lowest BCUT2D eigenvalue weighted by Gasteiger charge is -2.10. The second-order valence-electron chi connectivity index (χ2n) is 5.48. The lowest BCUT2D eigenvalue weighted by atomic mass is 10.1. The van der Waals surface area contributed by atoms with Crippen molar-refractivity contribution in [3.05, 3.63) is 59.2 Å². The van der Waals surface area contributed by atoms with Gasteiger partial charge in [0.15, 0.2) is 0 Å². The number of carbonyl (C=O) groups is 1. The summed E-state index contributed by atoms with van der Waals surface area (Å²) in [6, 6.07) is 12.0. The third kappa shape index (κ3) is 4.64. The predicted molar refractivity (Wildman–Crippen MR) is 90.7 cm³/mol. The molecule has 3 N–H and O–H groups in total. The minimum Gasteiger partial charge on any atom is -0.326 e. The fourth-order valence-corrected chi connectivity index (χ4v) is 2.72. The number of carbonyl (C=O) groups excluding carboxylic acids is 1. The number of sulfonamides is 1. The Hall–Kier alpha value is -2.18. The highest BCUT2D eigenvalue weighted by Crippen LogP contribution is 2.18. The average molecular weight is 332 g/mol. The lowest BCUT2D eigenvalue weighted by molar-refractivity contribution is -0.116. The zero-order chi connectivity index (χ0) is 17.0. The van der Waals surface area contributed by atoms with Gasteiger partial charge in [-0.2, -0.15) is 0 Å². The van der Waals surface area contributed by atoms with Gasteiger partial charge in [-0.15, -0.1) is 0 Å². The van der Waals surface area contributed by atoms with Crippen LogP contribution in [0.5, 0.6) is 0 Å². The van der Waals surface area contributed by atoms with E-state index in [0.29, 0.717) is 12.8 Å². The van der Waals surface area contributed by atoms with E-state index in [4.69, 9.17) is 5.14 Å². The van der Waals surface area contributed by atoms with Gasteiger partial charge in [0.1, 0.15) is 0 Å². The summed E-state index contributed by atoms with van der Waals surface area (Å²) in [7, 11) is -3.68. The van der Waals surface area contributed by atoms with Crippen molar-refractivity contribution in [3.63, 3.8) is 0 Å². The van der Waals surface area contributed by atoms with Crippen molar-refractivity contribution in [2.45, 2.75) is 31.6 Å². The standard InChI is InChI=1S/C17H20N2O3S/c1-12-4-3-5-16(13(12)2)19-17(20)11-8-14-6-9-15(10-7-14)23(18,21)22/h3-7,9-10H,8,11H2,1-2H3,(H,19,20)(H2,18,21,22). The number of benzene rings is 2. The van der Waals surface area contributed by atoms with Crippen LogP contribution in [-0.2, 0) is 21.2 Å². The maximum Gasteiger partial charge on any atom is 0.238 e. The first-order valence-corrected chi connectivity index (χ1v) is 8.80. The van der Waals surface area contributed by atoms with E-state index in [1.807, 2.05) is 32.0 Å². The van der Waals surface area contributed by atoms with Gasteiger partial charge < -0.3 is 5.32 Å². The Labute approximate surface area is 136 Å². The highest BCUT2D eigenvalue weighted by molar-refractivity contribution is 7.89. The van der Waals surface area contributed by atoms with Crippen molar-refractivity contribution in [2.75, 3.05) is 5.32 Å². The molecule has 5 nitrogen and oxygen atoms in total. The summed E-state index contributed by atoms with van der Waals surface area (Å²) in [5.41, 5.74) is 3.88. The van der Waals surface area contributed by atoms with E-state index in [9.17, 15) is 13.2 Å². The number of hydrogen-bond donors (Lipinski definition) is 2. The minimum absolute atomic E-state index is 0.0705. The Morgan fingerprint density at radius 3 is 2.35 bits per heavy atom. The van der Waals surface area contributed by atoms with E-state index in [2.05, 4.69) is 5.32 Å². The molecule has 1 amide bonds. The first kappa shape index (κ1) is 17.2. The number of hydrogen-bond acceptors (Lipinski definition) is 3. The molecule has 0 unspecified atom stereocenters. The van der Waals surface area contributed by atoms with Crippen LogP contribution in [0.4, 0.5) is 5.69 Å². The molecule has 6 heteroatoms. The second kappa shape index (κ2) is 6.93. The van der Waals surface area contributed by atoms with E-state index >= 15 is 0 Å². The average Bonchev–Trinajstić information content (AvgIpc) is 2.49. The molecular formula is C17H20N2O3S. The van der Waals surface area contributed by atoms with E-state index < -0.39 is 10.0 Å². The van der Waals surface area contributed by atoms with Crippen LogP contribution in [0.1, 0.15) is 23.1 Å². The van der Waals surface area contributed by atoms with E-state index in [1.165, 1.54) is 12.1 Å². The van der Waals surface area contributed by atoms with Crippen LogP contribution >= 0.6 is 0 Å². The van der Waals surface area contributed by atoms with Gasteiger partial charge in [0.05, 0.1) is 4.90 Å². The molecule has 0 saturated heterocycles. The molecule has 0 radical (unpaired) electrons. The van der Waals surface area contributed by atoms with Gasteiger partial charge in [-0.05, 0) is 55.2 Å². The molecule has 0 aliphatic rings. The number of aryl methyl sites for hydroxylation is 2. The van der Waals surface area contributed by atoms with Crippen molar-refractivity contribution >= 4 is 21.6 Å². The first-order chi connectivity index (χ1) is 10.8. The van der Waals surface area contributed by atoms with E-state index in [-0.39, 0.29) is 10.8 Å². The molecule has 2 aromatic rings. The monoisotopic (exact) mass is 332 g/mol. The summed E-state index contributed by atoms with van der Waals surface area (Å²) in [5, 5.41) is 7.95. The van der Waals surface area contributed by atoms with Crippen molar-refractivity contribution in [2.24, 2.45) is 5.14 Å². The quantitative estimate of drug-likeness (QED) is 0.881. The molecule has 0 atom stereocenters. The van der Waals surface area contributed by atoms with Crippen molar-refractivity contribution in [1.29, 1.82) is 0 Å². The molecule has 23 heavy (non-hydrogen) atoms. The highest BCUT2D eigenvalue weighted by atomic mass is 32.2. The Morgan fingerprint density at radius 2 is 1.74 bits per heavy atom. The number of primary sulfonamides is 1. The van der Waals surface area contributed by atoms with Gasteiger partial charge in [0.25, 0.3) is 0 Å². The summed E-state index contributed by atoms with van der Waals surface area (Å²) in [4.78, 5) is 12.1. The molecule has 0 aliphatic heterocycles. The summed E-state index contributed by atoms with van der Waals surface area (Å²) in [5.74, 6) is -0.0748. The molecule has 0 aliphatic carbocycles. The number of nitrogens with two attached hydrogens (primary N) is 1. The van der Waals surface area contributed by atoms with Gasteiger partial charge in [-0.1, -0.05) is 24.3 Å². The van der Waals surface area contributed by atoms with Crippen LogP contribution in [0.2, 0.25) is 0 Å². The lowest BCUT2D eigenvalue weighted by Crippen LogP contribution is -2.14. The summed E-state index contributed by atoms with van der Waals surface area (Å²) >= 11 is 0. The molecule has 0 heterocycles. The number of nitrogens with one attached hydrogen (secondary N) is 1. The summed E-state index contributed by atoms with van der Waals surface area (Å²) in [6.45, 7) is 3.97. The van der Waals surface area contributed by atoms with Crippen LogP contribution in [0.3, 0.4) is 0 Å². The first-order valence-electron chi connectivity index (χ1n) is 7.25. The van der Waals surface area contributed by atoms with Gasteiger partial charge in [-0.25, -0.2) is 13.6 Å². The largest absolute Gasteiger partial charge is 0.326 e. The fraction of sp³-hybridized carbons (Fsp3) is 0.235. The number of rotatable bonds is 5. The van der Waals surface area contributed by atoms with Crippen LogP contribution in [0.15, 0.2) is 47.4 Å². The maximum absolute atomic E-state index is 12.0. The smallest absolute Gasteiger partial charge is 0.238 e. The zero-order valence-electron chi connectivity index (χ0n) is 13.2. The third-order valence-electron chi connectivity index (χ3n) is 3.77. The number of anilines is 1. The van der Waals surface area contributed by atoms with Crippen molar-refractivity contribution < 1.29 is 13.2 Å². The summed E-state index contributed by atoms with van der Waals surface area (Å²) < 4.78 is 22.4. The van der Waals surface area contributed by atoms with Gasteiger partial charge in [0, 0.05) is 12.1 Å². The SMILES string of the molecule is Cc1cccc(NC(=O)CCc2ccc(S(N)(=O)=O)cc2)c1C. The molecule has 122 valence electrons. The molecule has 0 spiro atoms. The molecule has 2 aromatic carbocycles. The molecule has 0 saturated carbocycles. The zero-order valence-corrected chi connectivity index (χ0v) is 14.0. The van der Waals surface area contributed by atoms with Gasteiger partial charge in [0.2, 0.25) is 15.9 Å². The molecular weight excluding hydrogens is 312 g/mol. The molecule has 2 rings (SSSR count). The summed E-state index contributed by atoms with van der Waals surface area (Å²) in [6.07, 6.45) is 0.851. The third-order valence-corrected chi connectivity index (χ3v) is 4.70. The highest BCUT2D eigenvalue weighted by Gasteiger charge is 2.09. The Kier molecular flexibility index (Phi) is 5.18. The van der Waals surface area contributed by atoms with Crippen molar-refractivity contribution in [3.8, 4) is 0 Å². The molecule has 0 aromatic heterocycles. The number of amides is 1. The topological polar surface area (TPSA) is 89.3 Å². The minimum atomic E-state index is -3.68. The van der Waals surface area contributed by atoms with Crippen LogP contribution in [0.25, 0.3) is 0 Å². The van der Waals surface area contributed by atoms with Crippen molar-refractivity contribution in [1.82, 2.24) is 0 Å². The maximum atomic E-state index is 12.0. The van der Waals surface area contributed by atoms with Crippen LogP contribution in [0, 0.1) is 13.8 Å². The van der Waals surface area contributed by atoms with Crippen LogP contribution < -0.4 is 10.5 Å². The van der Waals surface area contributed by atoms with E-state index in [1.54, 1.807) is 12.1 Å². The molecule has 0 bridgehead atoms. The fourth-order valence-electron chi connectivity index (χ4n) is 2.20. The van der Waals surface area contributed by atoms with E-state index in [0.717, 1.165) is 22.4 Å². The Balaban J connectivity index is 1.95.